The van der Waals surface area contributed by atoms with Crippen molar-refractivity contribution in [1.29, 1.82) is 0 Å². The molecule has 0 N–H and O–H groups in total. The minimum atomic E-state index is -0.0272. The van der Waals surface area contributed by atoms with Gasteiger partial charge in [0.25, 0.3) is 0 Å². The summed E-state index contributed by atoms with van der Waals surface area (Å²) in [5, 5.41) is 4.22. The Hall–Kier alpha value is -0.940. The van der Waals surface area contributed by atoms with Gasteiger partial charge in [-0.3, -0.25) is 9.48 Å². The number of halogens is 2. The lowest BCUT2D eigenvalue weighted by Gasteiger charge is -2.10. The summed E-state index contributed by atoms with van der Waals surface area (Å²) in [5.74, 6) is -0.0272. The standard InChI is InChI=1S/C13H12Br2N2O/c1-8(2)17-12(11(15)7-16-17)13(18)9-3-5-10(14)6-4-9/h3-8H,1-2H3. The van der Waals surface area contributed by atoms with Crippen LogP contribution in [0.5, 0.6) is 0 Å². The van der Waals surface area contributed by atoms with Gasteiger partial charge in [-0.05, 0) is 54.0 Å². The second-order valence-corrected chi connectivity index (χ2v) is 5.99. The molecule has 1 aromatic heterocycles. The molecule has 0 radical (unpaired) electrons. The van der Waals surface area contributed by atoms with Crippen LogP contribution in [0.3, 0.4) is 0 Å². The first-order chi connectivity index (χ1) is 8.50. The number of nitrogens with zero attached hydrogens (tertiary/aromatic N) is 2. The third kappa shape index (κ3) is 2.57. The van der Waals surface area contributed by atoms with Gasteiger partial charge in [0, 0.05) is 16.1 Å². The van der Waals surface area contributed by atoms with E-state index >= 15 is 0 Å². The van der Waals surface area contributed by atoms with Crippen molar-refractivity contribution in [2.75, 3.05) is 0 Å². The van der Waals surface area contributed by atoms with Crippen molar-refractivity contribution in [2.24, 2.45) is 0 Å². The fourth-order valence-electron chi connectivity index (χ4n) is 1.68. The SMILES string of the molecule is CC(C)n1ncc(Br)c1C(=O)c1ccc(Br)cc1. The number of carbonyl (C=O) groups is 1. The van der Waals surface area contributed by atoms with Gasteiger partial charge in [-0.25, -0.2) is 0 Å². The third-order valence-corrected chi connectivity index (χ3v) is 3.67. The van der Waals surface area contributed by atoms with Gasteiger partial charge in [-0.2, -0.15) is 5.10 Å². The van der Waals surface area contributed by atoms with E-state index in [0.717, 1.165) is 8.95 Å². The lowest BCUT2D eigenvalue weighted by Crippen LogP contribution is -2.13. The summed E-state index contributed by atoms with van der Waals surface area (Å²) in [4.78, 5) is 12.5. The van der Waals surface area contributed by atoms with Crippen molar-refractivity contribution in [3.05, 3.63) is 50.7 Å². The molecule has 0 unspecified atom stereocenters. The maximum absolute atomic E-state index is 12.5. The van der Waals surface area contributed by atoms with Gasteiger partial charge in [0.1, 0.15) is 5.69 Å². The van der Waals surface area contributed by atoms with Crippen LogP contribution in [0, 0.1) is 0 Å². The highest BCUT2D eigenvalue weighted by Crippen LogP contribution is 2.23. The summed E-state index contributed by atoms with van der Waals surface area (Å²) in [7, 11) is 0. The lowest BCUT2D eigenvalue weighted by molar-refractivity contribution is 0.102. The Kier molecular flexibility index (Phi) is 4.02. The first-order valence-electron chi connectivity index (χ1n) is 5.54. The molecule has 0 bridgehead atoms. The maximum atomic E-state index is 12.5. The molecule has 2 rings (SSSR count). The largest absolute Gasteiger partial charge is 0.287 e. The van der Waals surface area contributed by atoms with E-state index in [1.807, 2.05) is 26.0 Å². The summed E-state index contributed by atoms with van der Waals surface area (Å²) >= 11 is 6.74. The Morgan fingerprint density at radius 1 is 1.22 bits per heavy atom. The van der Waals surface area contributed by atoms with Crippen LogP contribution in [0.2, 0.25) is 0 Å². The molecule has 0 amide bonds. The van der Waals surface area contributed by atoms with Gasteiger partial charge >= 0.3 is 0 Å². The molecule has 5 heteroatoms. The second kappa shape index (κ2) is 5.36. The minimum absolute atomic E-state index is 0.0272. The van der Waals surface area contributed by atoms with E-state index in [4.69, 9.17) is 0 Å². The normalized spacial score (nSPS) is 10.9. The van der Waals surface area contributed by atoms with E-state index in [1.165, 1.54) is 0 Å². The molecule has 18 heavy (non-hydrogen) atoms. The van der Waals surface area contributed by atoms with Crippen LogP contribution in [-0.4, -0.2) is 15.6 Å². The minimum Gasteiger partial charge on any atom is -0.287 e. The summed E-state index contributed by atoms with van der Waals surface area (Å²) in [6, 6.07) is 7.47. The lowest BCUT2D eigenvalue weighted by atomic mass is 10.1. The van der Waals surface area contributed by atoms with E-state index in [-0.39, 0.29) is 11.8 Å². The highest BCUT2D eigenvalue weighted by molar-refractivity contribution is 9.10. The molecule has 0 aliphatic carbocycles. The number of ketones is 1. The molecule has 0 saturated carbocycles. The van der Waals surface area contributed by atoms with Gasteiger partial charge in [-0.1, -0.05) is 15.9 Å². The van der Waals surface area contributed by atoms with E-state index in [0.29, 0.717) is 11.3 Å². The third-order valence-electron chi connectivity index (χ3n) is 2.56. The summed E-state index contributed by atoms with van der Waals surface area (Å²) in [5.41, 5.74) is 1.24. The predicted octanol–water partition coefficient (Wildman–Crippen LogP) is 4.22. The number of aromatic nitrogens is 2. The molecule has 0 aliphatic rings. The fraction of sp³-hybridized carbons (Fsp3) is 0.231. The average molecular weight is 372 g/mol. The molecule has 1 heterocycles. The van der Waals surface area contributed by atoms with Gasteiger partial charge in [0.15, 0.2) is 0 Å². The number of hydrogen-bond donors (Lipinski definition) is 0. The van der Waals surface area contributed by atoms with Crippen molar-refractivity contribution >= 4 is 37.6 Å². The van der Waals surface area contributed by atoms with Crippen molar-refractivity contribution in [3.63, 3.8) is 0 Å². The number of carbonyl (C=O) groups excluding carboxylic acids is 1. The van der Waals surface area contributed by atoms with Gasteiger partial charge < -0.3 is 0 Å². The molecule has 3 nitrogen and oxygen atoms in total. The Balaban J connectivity index is 2.45. The summed E-state index contributed by atoms with van der Waals surface area (Å²) in [6.07, 6.45) is 1.66. The molecular formula is C13H12Br2N2O. The number of benzene rings is 1. The highest BCUT2D eigenvalue weighted by atomic mass is 79.9. The maximum Gasteiger partial charge on any atom is 0.212 e. The molecule has 1 aromatic carbocycles. The Morgan fingerprint density at radius 2 is 1.83 bits per heavy atom. The molecular weight excluding hydrogens is 360 g/mol. The van der Waals surface area contributed by atoms with Gasteiger partial charge in [0.2, 0.25) is 5.78 Å². The topological polar surface area (TPSA) is 34.9 Å². The van der Waals surface area contributed by atoms with Crippen LogP contribution in [0.1, 0.15) is 35.9 Å². The molecule has 94 valence electrons. The van der Waals surface area contributed by atoms with Crippen LogP contribution >= 0.6 is 31.9 Å². The Labute approximate surface area is 122 Å². The van der Waals surface area contributed by atoms with Crippen molar-refractivity contribution < 1.29 is 4.79 Å². The zero-order valence-corrected chi connectivity index (χ0v) is 13.2. The van der Waals surface area contributed by atoms with E-state index in [1.54, 1.807) is 23.0 Å². The highest BCUT2D eigenvalue weighted by Gasteiger charge is 2.20. The van der Waals surface area contributed by atoms with Crippen LogP contribution in [0.4, 0.5) is 0 Å². The quantitative estimate of drug-likeness (QED) is 0.757. The Bertz CT molecular complexity index is 573. The molecule has 2 aromatic rings. The number of rotatable bonds is 3. The number of hydrogen-bond acceptors (Lipinski definition) is 2. The van der Waals surface area contributed by atoms with Crippen molar-refractivity contribution in [2.45, 2.75) is 19.9 Å². The summed E-state index contributed by atoms with van der Waals surface area (Å²) < 4.78 is 3.41. The smallest absolute Gasteiger partial charge is 0.212 e. The predicted molar refractivity (Wildman–Crippen MR) is 77.9 cm³/mol. The van der Waals surface area contributed by atoms with E-state index in [9.17, 15) is 4.79 Å². The van der Waals surface area contributed by atoms with Gasteiger partial charge in [-0.15, -0.1) is 0 Å². The van der Waals surface area contributed by atoms with Crippen molar-refractivity contribution in [3.8, 4) is 0 Å². The zero-order valence-electron chi connectivity index (χ0n) is 10.0. The molecule has 0 aliphatic heterocycles. The van der Waals surface area contributed by atoms with Gasteiger partial charge in [0.05, 0.1) is 10.7 Å². The fourth-order valence-corrected chi connectivity index (χ4v) is 2.40. The first-order valence-corrected chi connectivity index (χ1v) is 7.12. The van der Waals surface area contributed by atoms with E-state index < -0.39 is 0 Å². The monoisotopic (exact) mass is 370 g/mol. The molecule has 0 fully saturated rings. The van der Waals surface area contributed by atoms with Crippen LogP contribution in [0.25, 0.3) is 0 Å². The second-order valence-electron chi connectivity index (χ2n) is 4.22. The summed E-state index contributed by atoms with van der Waals surface area (Å²) in [6.45, 7) is 4.00. The van der Waals surface area contributed by atoms with E-state index in [2.05, 4.69) is 37.0 Å². The average Bonchev–Trinajstić information content (AvgIpc) is 2.71. The van der Waals surface area contributed by atoms with Crippen LogP contribution in [0.15, 0.2) is 39.4 Å². The van der Waals surface area contributed by atoms with Crippen molar-refractivity contribution in [1.82, 2.24) is 9.78 Å². The van der Waals surface area contributed by atoms with Crippen LogP contribution < -0.4 is 0 Å². The molecule has 0 saturated heterocycles. The molecule has 0 spiro atoms. The Morgan fingerprint density at radius 3 is 2.39 bits per heavy atom. The van der Waals surface area contributed by atoms with Crippen LogP contribution in [-0.2, 0) is 0 Å². The molecule has 0 atom stereocenters. The first kappa shape index (κ1) is 13.5. The zero-order chi connectivity index (χ0) is 13.3.